The molecule has 220 valence electrons. The Balaban J connectivity index is 1.27. The van der Waals surface area contributed by atoms with Crippen molar-refractivity contribution in [2.24, 2.45) is 0 Å². The first kappa shape index (κ1) is 27.0. The molecule has 0 fully saturated rings. The zero-order valence-corrected chi connectivity index (χ0v) is 25.6. The van der Waals surface area contributed by atoms with Crippen LogP contribution >= 0.6 is 0 Å². The van der Waals surface area contributed by atoms with E-state index in [0.717, 1.165) is 55.9 Å². The number of para-hydroxylation sites is 2. The van der Waals surface area contributed by atoms with E-state index in [4.69, 9.17) is 9.97 Å². The second-order valence-electron chi connectivity index (χ2n) is 11.8. The average molecular weight is 600 g/mol. The number of aromatic nitrogens is 3. The molecule has 0 atom stereocenters. The lowest BCUT2D eigenvalue weighted by Gasteiger charge is -2.14. The van der Waals surface area contributed by atoms with Gasteiger partial charge in [-0.1, -0.05) is 152 Å². The Morgan fingerprint density at radius 3 is 1.68 bits per heavy atom. The van der Waals surface area contributed by atoms with Crippen LogP contribution < -0.4 is 0 Å². The number of hydrogen-bond donors (Lipinski definition) is 0. The lowest BCUT2D eigenvalue weighted by Crippen LogP contribution is -1.97. The lowest BCUT2D eigenvalue weighted by atomic mass is 9.98. The second kappa shape index (κ2) is 11.2. The predicted octanol–water partition coefficient (Wildman–Crippen LogP) is 11.4. The molecule has 0 aliphatic rings. The first-order chi connectivity index (χ1) is 23.3. The van der Waals surface area contributed by atoms with Gasteiger partial charge in [0.2, 0.25) is 0 Å². The molecule has 47 heavy (non-hydrogen) atoms. The van der Waals surface area contributed by atoms with Crippen LogP contribution in [-0.2, 0) is 0 Å². The van der Waals surface area contributed by atoms with E-state index in [9.17, 15) is 0 Å². The van der Waals surface area contributed by atoms with Crippen LogP contribution in [0.4, 0.5) is 0 Å². The van der Waals surface area contributed by atoms with Gasteiger partial charge in [-0.15, -0.1) is 0 Å². The summed E-state index contributed by atoms with van der Waals surface area (Å²) in [4.78, 5) is 10.4. The van der Waals surface area contributed by atoms with Crippen LogP contribution in [0.3, 0.4) is 0 Å². The summed E-state index contributed by atoms with van der Waals surface area (Å²) >= 11 is 0. The molecule has 9 rings (SSSR count). The van der Waals surface area contributed by atoms with Gasteiger partial charge in [0.15, 0.2) is 5.82 Å². The summed E-state index contributed by atoms with van der Waals surface area (Å²) in [6.07, 6.45) is 0. The van der Waals surface area contributed by atoms with Gasteiger partial charge < -0.3 is 4.57 Å². The maximum Gasteiger partial charge on any atom is 0.160 e. The van der Waals surface area contributed by atoms with E-state index in [2.05, 4.69) is 156 Å². The third-order valence-electron chi connectivity index (χ3n) is 9.02. The maximum atomic E-state index is 5.23. The monoisotopic (exact) mass is 599 g/mol. The Hall–Kier alpha value is -6.32. The van der Waals surface area contributed by atoms with Crippen LogP contribution in [0.1, 0.15) is 0 Å². The SMILES string of the molecule is c1ccc(-c2ccc(-n3c4ccccc4c4ccc(-c5cccc6c(-c7ccccc7)nc(-c7ccccc7)nc56)cc43)cc2)cc1. The van der Waals surface area contributed by atoms with Crippen molar-refractivity contribution in [2.45, 2.75) is 0 Å². The summed E-state index contributed by atoms with van der Waals surface area (Å²) in [6.45, 7) is 0. The minimum absolute atomic E-state index is 0.720. The third kappa shape index (κ3) is 4.68. The zero-order chi connectivity index (χ0) is 31.2. The predicted molar refractivity (Wildman–Crippen MR) is 196 cm³/mol. The Bertz CT molecular complexity index is 2530. The molecule has 2 heterocycles. The van der Waals surface area contributed by atoms with Crippen LogP contribution in [0.15, 0.2) is 176 Å². The van der Waals surface area contributed by atoms with Gasteiger partial charge in [-0.3, -0.25) is 0 Å². The Kier molecular flexibility index (Phi) is 6.46. The molecule has 7 aromatic carbocycles. The first-order valence-electron chi connectivity index (χ1n) is 15.9. The molecular formula is C44H29N3. The van der Waals surface area contributed by atoms with Crippen molar-refractivity contribution in [3.8, 4) is 50.6 Å². The number of rotatable bonds is 5. The van der Waals surface area contributed by atoms with Crippen molar-refractivity contribution in [1.82, 2.24) is 14.5 Å². The van der Waals surface area contributed by atoms with Crippen LogP contribution in [-0.4, -0.2) is 14.5 Å². The fourth-order valence-electron chi connectivity index (χ4n) is 6.77. The standard InChI is InChI=1S/C44H29N3/c1-4-13-30(14-5-1)31-23-26-35(27-24-31)47-40-22-11-10-19-37(40)38-28-25-34(29-41(38)47)36-20-12-21-39-42(32-15-6-2-7-16-32)45-44(46-43(36)39)33-17-8-3-9-18-33/h1-29H. The third-order valence-corrected chi connectivity index (χ3v) is 9.02. The molecule has 9 aromatic rings. The highest BCUT2D eigenvalue weighted by molar-refractivity contribution is 6.11. The second-order valence-corrected chi connectivity index (χ2v) is 11.8. The van der Waals surface area contributed by atoms with Gasteiger partial charge in [0, 0.05) is 38.5 Å². The van der Waals surface area contributed by atoms with Crippen molar-refractivity contribution in [3.05, 3.63) is 176 Å². The summed E-state index contributed by atoms with van der Waals surface area (Å²) in [5, 5.41) is 3.49. The number of nitrogens with zero attached hydrogens (tertiary/aromatic N) is 3. The minimum atomic E-state index is 0.720. The van der Waals surface area contributed by atoms with Gasteiger partial charge in [0.25, 0.3) is 0 Å². The van der Waals surface area contributed by atoms with Crippen molar-refractivity contribution >= 4 is 32.7 Å². The van der Waals surface area contributed by atoms with Crippen LogP contribution in [0.5, 0.6) is 0 Å². The van der Waals surface area contributed by atoms with Gasteiger partial charge in [0.05, 0.1) is 22.2 Å². The zero-order valence-electron chi connectivity index (χ0n) is 25.6. The first-order valence-corrected chi connectivity index (χ1v) is 15.9. The summed E-state index contributed by atoms with van der Waals surface area (Å²) in [7, 11) is 0. The quantitative estimate of drug-likeness (QED) is 0.197. The van der Waals surface area contributed by atoms with Crippen LogP contribution in [0.25, 0.3) is 83.3 Å². The largest absolute Gasteiger partial charge is 0.309 e. The van der Waals surface area contributed by atoms with Crippen molar-refractivity contribution in [2.75, 3.05) is 0 Å². The van der Waals surface area contributed by atoms with Gasteiger partial charge in [-0.2, -0.15) is 0 Å². The molecule has 0 saturated heterocycles. The highest BCUT2D eigenvalue weighted by atomic mass is 15.0. The lowest BCUT2D eigenvalue weighted by molar-refractivity contribution is 1.18. The van der Waals surface area contributed by atoms with Gasteiger partial charge in [-0.05, 0) is 41.0 Å². The van der Waals surface area contributed by atoms with Crippen molar-refractivity contribution in [3.63, 3.8) is 0 Å². The van der Waals surface area contributed by atoms with E-state index >= 15 is 0 Å². The van der Waals surface area contributed by atoms with E-state index < -0.39 is 0 Å². The smallest absolute Gasteiger partial charge is 0.160 e. The van der Waals surface area contributed by atoms with Crippen LogP contribution in [0, 0.1) is 0 Å². The Labute approximate surface area is 273 Å². The summed E-state index contributed by atoms with van der Waals surface area (Å²) in [5.74, 6) is 0.720. The summed E-state index contributed by atoms with van der Waals surface area (Å²) < 4.78 is 2.38. The van der Waals surface area contributed by atoms with Gasteiger partial charge in [-0.25, -0.2) is 9.97 Å². The van der Waals surface area contributed by atoms with Crippen molar-refractivity contribution in [1.29, 1.82) is 0 Å². The van der Waals surface area contributed by atoms with E-state index in [-0.39, 0.29) is 0 Å². The Morgan fingerprint density at radius 1 is 0.362 bits per heavy atom. The van der Waals surface area contributed by atoms with Crippen molar-refractivity contribution < 1.29 is 0 Å². The molecular weight excluding hydrogens is 571 g/mol. The van der Waals surface area contributed by atoms with E-state index in [1.807, 2.05) is 24.3 Å². The number of hydrogen-bond acceptors (Lipinski definition) is 2. The molecule has 0 aliphatic carbocycles. The maximum absolute atomic E-state index is 5.23. The molecule has 0 bridgehead atoms. The van der Waals surface area contributed by atoms with E-state index in [1.54, 1.807) is 0 Å². The van der Waals surface area contributed by atoms with E-state index in [0.29, 0.717) is 0 Å². The topological polar surface area (TPSA) is 30.7 Å². The molecule has 0 amide bonds. The van der Waals surface area contributed by atoms with Crippen LogP contribution in [0.2, 0.25) is 0 Å². The molecule has 3 heteroatoms. The van der Waals surface area contributed by atoms with Gasteiger partial charge >= 0.3 is 0 Å². The molecule has 0 unspecified atom stereocenters. The number of benzene rings is 7. The fraction of sp³-hybridized carbons (Fsp3) is 0. The summed E-state index contributed by atoms with van der Waals surface area (Å²) in [6, 6.07) is 62.0. The summed E-state index contributed by atoms with van der Waals surface area (Å²) in [5.41, 5.74) is 12.0. The van der Waals surface area contributed by atoms with Gasteiger partial charge in [0.1, 0.15) is 0 Å². The molecule has 0 spiro atoms. The fourth-order valence-corrected chi connectivity index (χ4v) is 6.77. The Morgan fingerprint density at radius 2 is 0.936 bits per heavy atom. The highest BCUT2D eigenvalue weighted by Crippen LogP contribution is 2.38. The molecule has 2 aromatic heterocycles. The molecule has 0 radical (unpaired) electrons. The normalized spacial score (nSPS) is 11.4. The minimum Gasteiger partial charge on any atom is -0.309 e. The molecule has 0 saturated carbocycles. The molecule has 0 N–H and O–H groups in total. The van der Waals surface area contributed by atoms with E-state index in [1.165, 1.54) is 27.4 Å². The average Bonchev–Trinajstić information content (AvgIpc) is 3.49. The molecule has 3 nitrogen and oxygen atoms in total. The number of fused-ring (bicyclic) bond motifs is 4. The molecule has 0 aliphatic heterocycles. The highest BCUT2D eigenvalue weighted by Gasteiger charge is 2.17.